The molecule has 0 bridgehead atoms. The molecule has 1 aliphatic rings. The Balaban J connectivity index is 2.08. The molecular weight excluding hydrogens is 222 g/mol. The van der Waals surface area contributed by atoms with Gasteiger partial charge in [0.15, 0.2) is 6.29 Å². The number of hydrogen-bond acceptors (Lipinski definition) is 5. The van der Waals surface area contributed by atoms with Crippen molar-refractivity contribution < 1.29 is 19.3 Å². The smallest absolute Gasteiger partial charge is 0.158 e. The maximum absolute atomic E-state index is 10.0. The van der Waals surface area contributed by atoms with Crippen LogP contribution in [-0.2, 0) is 14.2 Å². The standard InChI is InChI=1S/C12H25NO4/c1-3-16-11(17-4-2)5-7-13-9-12(14)6-8-15-10-12/h11,13-14H,3-10H2,1-2H3. The van der Waals surface area contributed by atoms with E-state index in [0.717, 1.165) is 13.0 Å². The molecule has 5 nitrogen and oxygen atoms in total. The highest BCUT2D eigenvalue weighted by molar-refractivity contribution is 4.84. The van der Waals surface area contributed by atoms with Crippen LogP contribution in [0.4, 0.5) is 0 Å². The summed E-state index contributed by atoms with van der Waals surface area (Å²) < 4.78 is 16.0. The Bertz CT molecular complexity index is 189. The van der Waals surface area contributed by atoms with Crippen LogP contribution < -0.4 is 5.32 Å². The summed E-state index contributed by atoms with van der Waals surface area (Å²) in [5.41, 5.74) is -0.688. The molecule has 5 heteroatoms. The van der Waals surface area contributed by atoms with Crippen molar-refractivity contribution in [1.82, 2.24) is 5.32 Å². The molecule has 1 saturated heterocycles. The van der Waals surface area contributed by atoms with Gasteiger partial charge >= 0.3 is 0 Å². The van der Waals surface area contributed by atoms with Crippen molar-refractivity contribution in [2.45, 2.75) is 38.6 Å². The van der Waals surface area contributed by atoms with Gasteiger partial charge in [0, 0.05) is 45.8 Å². The van der Waals surface area contributed by atoms with Crippen LogP contribution in [0.2, 0.25) is 0 Å². The van der Waals surface area contributed by atoms with E-state index >= 15 is 0 Å². The Hall–Kier alpha value is -0.200. The maximum atomic E-state index is 10.0. The van der Waals surface area contributed by atoms with Crippen LogP contribution in [0, 0.1) is 0 Å². The molecule has 102 valence electrons. The Morgan fingerprint density at radius 1 is 1.35 bits per heavy atom. The van der Waals surface area contributed by atoms with Gasteiger partial charge in [0.05, 0.1) is 6.61 Å². The zero-order valence-corrected chi connectivity index (χ0v) is 10.9. The third-order valence-corrected chi connectivity index (χ3v) is 2.80. The summed E-state index contributed by atoms with van der Waals surface area (Å²) in [6.07, 6.45) is 1.35. The van der Waals surface area contributed by atoms with Gasteiger partial charge in [-0.1, -0.05) is 0 Å². The van der Waals surface area contributed by atoms with Crippen LogP contribution in [0.5, 0.6) is 0 Å². The second kappa shape index (κ2) is 8.00. The van der Waals surface area contributed by atoms with Gasteiger partial charge in [-0.3, -0.25) is 0 Å². The van der Waals surface area contributed by atoms with Gasteiger partial charge in [-0.15, -0.1) is 0 Å². The minimum Gasteiger partial charge on any atom is -0.386 e. The minimum atomic E-state index is -0.688. The Morgan fingerprint density at radius 3 is 2.59 bits per heavy atom. The van der Waals surface area contributed by atoms with Crippen molar-refractivity contribution >= 4 is 0 Å². The van der Waals surface area contributed by atoms with Crippen molar-refractivity contribution in [1.29, 1.82) is 0 Å². The van der Waals surface area contributed by atoms with Gasteiger partial charge in [-0.05, 0) is 13.8 Å². The largest absolute Gasteiger partial charge is 0.386 e. The number of ether oxygens (including phenoxy) is 3. The lowest BCUT2D eigenvalue weighted by atomic mass is 10.0. The van der Waals surface area contributed by atoms with Gasteiger partial charge in [0.1, 0.15) is 5.60 Å². The lowest BCUT2D eigenvalue weighted by Gasteiger charge is -2.22. The molecule has 0 radical (unpaired) electrons. The second-order valence-electron chi connectivity index (χ2n) is 4.33. The fraction of sp³-hybridized carbons (Fsp3) is 1.00. The molecule has 1 rings (SSSR count). The molecule has 0 amide bonds. The molecule has 1 fully saturated rings. The molecule has 0 aromatic carbocycles. The van der Waals surface area contributed by atoms with Crippen molar-refractivity contribution in [2.75, 3.05) is 39.5 Å². The van der Waals surface area contributed by atoms with Crippen LogP contribution in [0.25, 0.3) is 0 Å². The third-order valence-electron chi connectivity index (χ3n) is 2.80. The van der Waals surface area contributed by atoms with Crippen LogP contribution in [-0.4, -0.2) is 56.5 Å². The Labute approximate surface area is 103 Å². The molecule has 0 spiro atoms. The Kier molecular flexibility index (Phi) is 6.99. The summed E-state index contributed by atoms with van der Waals surface area (Å²) in [5, 5.41) is 13.2. The molecule has 0 aliphatic carbocycles. The fourth-order valence-corrected chi connectivity index (χ4v) is 1.86. The normalized spacial score (nSPS) is 24.7. The maximum Gasteiger partial charge on any atom is 0.158 e. The van der Waals surface area contributed by atoms with Gasteiger partial charge < -0.3 is 24.6 Å². The SMILES string of the molecule is CCOC(CCNCC1(O)CCOC1)OCC. The van der Waals surface area contributed by atoms with E-state index in [0.29, 0.717) is 39.4 Å². The first-order valence-corrected chi connectivity index (χ1v) is 6.44. The highest BCUT2D eigenvalue weighted by Crippen LogP contribution is 2.16. The summed E-state index contributed by atoms with van der Waals surface area (Å²) in [6.45, 7) is 7.64. The molecule has 0 aromatic rings. The van der Waals surface area contributed by atoms with Crippen LogP contribution in [0.3, 0.4) is 0 Å². The predicted octanol–water partition coefficient (Wildman–Crippen LogP) is 0.517. The predicted molar refractivity (Wildman–Crippen MR) is 64.9 cm³/mol. The highest BCUT2D eigenvalue weighted by Gasteiger charge is 2.31. The quantitative estimate of drug-likeness (QED) is 0.459. The van der Waals surface area contributed by atoms with Crippen LogP contribution in [0.15, 0.2) is 0 Å². The summed E-state index contributed by atoms with van der Waals surface area (Å²) in [7, 11) is 0. The van der Waals surface area contributed by atoms with Gasteiger partial charge in [-0.25, -0.2) is 0 Å². The zero-order valence-electron chi connectivity index (χ0n) is 10.9. The van der Waals surface area contributed by atoms with E-state index in [-0.39, 0.29) is 6.29 Å². The average Bonchev–Trinajstić information content (AvgIpc) is 2.72. The van der Waals surface area contributed by atoms with Gasteiger partial charge in [0.25, 0.3) is 0 Å². The summed E-state index contributed by atoms with van der Waals surface area (Å²) in [6, 6.07) is 0. The van der Waals surface area contributed by atoms with Crippen LogP contribution in [0.1, 0.15) is 26.7 Å². The van der Waals surface area contributed by atoms with E-state index < -0.39 is 5.60 Å². The number of nitrogens with one attached hydrogen (secondary N) is 1. The lowest BCUT2D eigenvalue weighted by Crippen LogP contribution is -2.42. The van der Waals surface area contributed by atoms with E-state index in [1.165, 1.54) is 0 Å². The zero-order chi connectivity index (χ0) is 12.6. The Morgan fingerprint density at radius 2 is 2.06 bits per heavy atom. The van der Waals surface area contributed by atoms with Gasteiger partial charge in [-0.2, -0.15) is 0 Å². The highest BCUT2D eigenvalue weighted by atomic mass is 16.7. The van der Waals surface area contributed by atoms with E-state index in [2.05, 4.69) is 5.32 Å². The van der Waals surface area contributed by atoms with Crippen LogP contribution >= 0.6 is 0 Å². The molecule has 17 heavy (non-hydrogen) atoms. The molecule has 1 heterocycles. The second-order valence-corrected chi connectivity index (χ2v) is 4.33. The van der Waals surface area contributed by atoms with Crippen molar-refractivity contribution in [3.05, 3.63) is 0 Å². The molecule has 1 atom stereocenters. The van der Waals surface area contributed by atoms with E-state index in [1.54, 1.807) is 0 Å². The monoisotopic (exact) mass is 247 g/mol. The average molecular weight is 247 g/mol. The van der Waals surface area contributed by atoms with Gasteiger partial charge in [0.2, 0.25) is 0 Å². The molecule has 0 saturated carbocycles. The van der Waals surface area contributed by atoms with Crippen molar-refractivity contribution in [3.63, 3.8) is 0 Å². The first-order chi connectivity index (χ1) is 8.20. The summed E-state index contributed by atoms with van der Waals surface area (Å²) in [5.74, 6) is 0. The molecule has 1 aliphatic heterocycles. The van der Waals surface area contributed by atoms with Crippen molar-refractivity contribution in [2.24, 2.45) is 0 Å². The van der Waals surface area contributed by atoms with E-state index in [4.69, 9.17) is 14.2 Å². The third kappa shape index (κ3) is 5.79. The van der Waals surface area contributed by atoms with E-state index in [1.807, 2.05) is 13.8 Å². The first-order valence-electron chi connectivity index (χ1n) is 6.44. The molecule has 2 N–H and O–H groups in total. The lowest BCUT2D eigenvalue weighted by molar-refractivity contribution is -0.139. The number of aliphatic hydroxyl groups is 1. The minimum absolute atomic E-state index is 0.146. The van der Waals surface area contributed by atoms with Crippen molar-refractivity contribution in [3.8, 4) is 0 Å². The molecule has 1 unspecified atom stereocenters. The summed E-state index contributed by atoms with van der Waals surface area (Å²) in [4.78, 5) is 0. The topological polar surface area (TPSA) is 60.0 Å². The molecule has 0 aromatic heterocycles. The summed E-state index contributed by atoms with van der Waals surface area (Å²) >= 11 is 0. The number of rotatable bonds is 9. The first kappa shape index (κ1) is 14.9. The van der Waals surface area contributed by atoms with E-state index in [9.17, 15) is 5.11 Å². The molecular formula is C12H25NO4. The number of hydrogen-bond donors (Lipinski definition) is 2. The fourth-order valence-electron chi connectivity index (χ4n) is 1.86.